The standard InChI is InChI=1S/C16H23BrN2O/c1-12(10-13-4-6-14(17)7-5-13)19-15(20)16(2)8-3-9-18-11-16/h4-7,12,18H,3,8-11H2,1-2H3,(H,19,20). The lowest BCUT2D eigenvalue weighted by molar-refractivity contribution is -0.131. The zero-order valence-corrected chi connectivity index (χ0v) is 13.8. The Morgan fingerprint density at radius 3 is 2.75 bits per heavy atom. The molecule has 0 bridgehead atoms. The van der Waals surface area contributed by atoms with Crippen LogP contribution in [0.4, 0.5) is 0 Å². The minimum absolute atomic E-state index is 0.155. The third kappa shape index (κ3) is 4.06. The predicted molar refractivity (Wildman–Crippen MR) is 85.7 cm³/mol. The van der Waals surface area contributed by atoms with E-state index in [1.807, 2.05) is 12.1 Å². The molecule has 1 aromatic carbocycles. The van der Waals surface area contributed by atoms with Crippen LogP contribution in [0, 0.1) is 5.41 Å². The molecule has 1 amide bonds. The molecule has 1 aromatic rings. The molecule has 1 aliphatic rings. The van der Waals surface area contributed by atoms with E-state index in [4.69, 9.17) is 0 Å². The number of carbonyl (C=O) groups excluding carboxylic acids is 1. The maximum absolute atomic E-state index is 12.4. The molecule has 0 radical (unpaired) electrons. The first-order valence-electron chi connectivity index (χ1n) is 7.26. The van der Waals surface area contributed by atoms with Gasteiger partial charge in [-0.15, -0.1) is 0 Å². The molecular formula is C16H23BrN2O. The van der Waals surface area contributed by atoms with Crippen molar-refractivity contribution in [1.82, 2.24) is 10.6 Å². The Morgan fingerprint density at radius 2 is 2.15 bits per heavy atom. The van der Waals surface area contributed by atoms with Crippen LogP contribution in [0.2, 0.25) is 0 Å². The van der Waals surface area contributed by atoms with Crippen LogP contribution in [0.15, 0.2) is 28.7 Å². The Kier molecular flexibility index (Phi) is 5.22. The number of hydrogen-bond acceptors (Lipinski definition) is 2. The zero-order valence-electron chi connectivity index (χ0n) is 12.2. The number of hydrogen-bond donors (Lipinski definition) is 2. The maximum atomic E-state index is 12.4. The molecule has 0 spiro atoms. The monoisotopic (exact) mass is 338 g/mol. The normalized spacial score (nSPS) is 24.1. The summed E-state index contributed by atoms with van der Waals surface area (Å²) in [6.07, 6.45) is 2.91. The molecule has 3 nitrogen and oxygen atoms in total. The van der Waals surface area contributed by atoms with Crippen molar-refractivity contribution in [3.63, 3.8) is 0 Å². The van der Waals surface area contributed by atoms with E-state index in [1.54, 1.807) is 0 Å². The summed E-state index contributed by atoms with van der Waals surface area (Å²) in [6.45, 7) is 5.93. The highest BCUT2D eigenvalue weighted by Crippen LogP contribution is 2.25. The predicted octanol–water partition coefficient (Wildman–Crippen LogP) is 2.89. The number of nitrogens with one attached hydrogen (secondary N) is 2. The first-order chi connectivity index (χ1) is 9.49. The molecule has 0 aliphatic carbocycles. The maximum Gasteiger partial charge on any atom is 0.227 e. The van der Waals surface area contributed by atoms with Crippen LogP contribution in [0.5, 0.6) is 0 Å². The Morgan fingerprint density at radius 1 is 1.45 bits per heavy atom. The van der Waals surface area contributed by atoms with Gasteiger partial charge in [-0.2, -0.15) is 0 Å². The Bertz CT molecular complexity index is 452. The fourth-order valence-corrected chi connectivity index (χ4v) is 2.94. The van der Waals surface area contributed by atoms with Gasteiger partial charge >= 0.3 is 0 Å². The van der Waals surface area contributed by atoms with Gasteiger partial charge in [-0.05, 0) is 57.4 Å². The van der Waals surface area contributed by atoms with Gasteiger partial charge < -0.3 is 10.6 Å². The van der Waals surface area contributed by atoms with Gasteiger partial charge in [0.25, 0.3) is 0 Å². The van der Waals surface area contributed by atoms with E-state index in [0.717, 1.165) is 36.8 Å². The van der Waals surface area contributed by atoms with Gasteiger partial charge in [-0.1, -0.05) is 28.1 Å². The molecule has 1 aliphatic heterocycles. The van der Waals surface area contributed by atoms with Crippen molar-refractivity contribution in [2.75, 3.05) is 13.1 Å². The van der Waals surface area contributed by atoms with Crippen molar-refractivity contribution in [2.24, 2.45) is 5.41 Å². The van der Waals surface area contributed by atoms with Crippen LogP contribution in [0.25, 0.3) is 0 Å². The minimum Gasteiger partial charge on any atom is -0.353 e. The van der Waals surface area contributed by atoms with Gasteiger partial charge in [-0.25, -0.2) is 0 Å². The third-order valence-electron chi connectivity index (χ3n) is 3.98. The second kappa shape index (κ2) is 6.72. The fourth-order valence-electron chi connectivity index (χ4n) is 2.67. The zero-order chi connectivity index (χ0) is 14.6. The van der Waals surface area contributed by atoms with Crippen molar-refractivity contribution in [3.8, 4) is 0 Å². The lowest BCUT2D eigenvalue weighted by atomic mass is 9.81. The van der Waals surface area contributed by atoms with Crippen LogP contribution < -0.4 is 10.6 Å². The first kappa shape index (κ1) is 15.5. The van der Waals surface area contributed by atoms with Crippen molar-refractivity contribution in [1.29, 1.82) is 0 Å². The Hall–Kier alpha value is -0.870. The van der Waals surface area contributed by atoms with Gasteiger partial charge in [0, 0.05) is 17.1 Å². The molecule has 0 saturated carbocycles. The van der Waals surface area contributed by atoms with E-state index >= 15 is 0 Å². The number of benzene rings is 1. The molecule has 2 rings (SSSR count). The summed E-state index contributed by atoms with van der Waals surface area (Å²) in [6, 6.07) is 8.42. The number of amides is 1. The SMILES string of the molecule is CC(Cc1ccc(Br)cc1)NC(=O)C1(C)CCCNC1. The van der Waals surface area contributed by atoms with Crippen molar-refractivity contribution in [2.45, 2.75) is 39.2 Å². The smallest absolute Gasteiger partial charge is 0.227 e. The molecular weight excluding hydrogens is 316 g/mol. The lowest BCUT2D eigenvalue weighted by Crippen LogP contribution is -2.51. The van der Waals surface area contributed by atoms with Crippen molar-refractivity contribution >= 4 is 21.8 Å². The fraction of sp³-hybridized carbons (Fsp3) is 0.562. The van der Waals surface area contributed by atoms with Crippen LogP contribution in [0.1, 0.15) is 32.3 Å². The minimum atomic E-state index is -0.258. The van der Waals surface area contributed by atoms with E-state index in [0.29, 0.717) is 0 Å². The van der Waals surface area contributed by atoms with Gasteiger partial charge in [-0.3, -0.25) is 4.79 Å². The molecule has 2 unspecified atom stereocenters. The van der Waals surface area contributed by atoms with E-state index in [9.17, 15) is 4.79 Å². The second-order valence-electron chi connectivity index (χ2n) is 6.05. The molecule has 1 fully saturated rings. The summed E-state index contributed by atoms with van der Waals surface area (Å²) in [4.78, 5) is 12.4. The molecule has 2 atom stereocenters. The van der Waals surface area contributed by atoms with Gasteiger partial charge in [0.05, 0.1) is 5.41 Å². The lowest BCUT2D eigenvalue weighted by Gasteiger charge is -2.33. The van der Waals surface area contributed by atoms with E-state index < -0.39 is 0 Å². The molecule has 0 aromatic heterocycles. The van der Waals surface area contributed by atoms with Crippen LogP contribution in [-0.4, -0.2) is 25.0 Å². The Balaban J connectivity index is 1.88. The van der Waals surface area contributed by atoms with Crippen molar-refractivity contribution < 1.29 is 4.79 Å². The average Bonchev–Trinajstić information content (AvgIpc) is 2.42. The highest BCUT2D eigenvalue weighted by atomic mass is 79.9. The quantitative estimate of drug-likeness (QED) is 0.886. The summed E-state index contributed by atoms with van der Waals surface area (Å²) in [5.74, 6) is 0.175. The van der Waals surface area contributed by atoms with E-state index in [-0.39, 0.29) is 17.4 Å². The molecule has 4 heteroatoms. The first-order valence-corrected chi connectivity index (χ1v) is 8.05. The molecule has 2 N–H and O–H groups in total. The molecule has 110 valence electrons. The summed E-state index contributed by atoms with van der Waals surface area (Å²) >= 11 is 3.43. The number of rotatable bonds is 4. The van der Waals surface area contributed by atoms with E-state index in [2.05, 4.69) is 52.5 Å². The highest BCUT2D eigenvalue weighted by molar-refractivity contribution is 9.10. The topological polar surface area (TPSA) is 41.1 Å². The summed E-state index contributed by atoms with van der Waals surface area (Å²) < 4.78 is 1.08. The molecule has 1 heterocycles. The molecule has 1 saturated heterocycles. The third-order valence-corrected chi connectivity index (χ3v) is 4.51. The van der Waals surface area contributed by atoms with Crippen LogP contribution in [0.3, 0.4) is 0 Å². The number of carbonyl (C=O) groups is 1. The Labute approximate surface area is 129 Å². The summed E-state index contributed by atoms with van der Waals surface area (Å²) in [7, 11) is 0. The molecule has 20 heavy (non-hydrogen) atoms. The highest BCUT2D eigenvalue weighted by Gasteiger charge is 2.34. The summed E-state index contributed by atoms with van der Waals surface area (Å²) in [5, 5.41) is 6.48. The largest absolute Gasteiger partial charge is 0.353 e. The van der Waals surface area contributed by atoms with Gasteiger partial charge in [0.2, 0.25) is 5.91 Å². The van der Waals surface area contributed by atoms with Gasteiger partial charge in [0.1, 0.15) is 0 Å². The second-order valence-corrected chi connectivity index (χ2v) is 6.96. The summed E-state index contributed by atoms with van der Waals surface area (Å²) in [5.41, 5.74) is 0.986. The van der Waals surface area contributed by atoms with Gasteiger partial charge in [0.15, 0.2) is 0 Å². The van der Waals surface area contributed by atoms with Crippen LogP contribution >= 0.6 is 15.9 Å². The van der Waals surface area contributed by atoms with Crippen molar-refractivity contribution in [3.05, 3.63) is 34.3 Å². The average molecular weight is 339 g/mol. The van der Waals surface area contributed by atoms with Crippen LogP contribution in [-0.2, 0) is 11.2 Å². The number of piperidine rings is 1. The van der Waals surface area contributed by atoms with E-state index in [1.165, 1.54) is 5.56 Å². The number of halogens is 1.